The van der Waals surface area contributed by atoms with Crippen molar-refractivity contribution in [1.82, 2.24) is 5.32 Å². The van der Waals surface area contributed by atoms with E-state index in [4.69, 9.17) is 21.7 Å². The van der Waals surface area contributed by atoms with Gasteiger partial charge in [-0.05, 0) is 60.8 Å². The molecule has 28 heavy (non-hydrogen) atoms. The van der Waals surface area contributed by atoms with E-state index in [9.17, 15) is 4.79 Å². The van der Waals surface area contributed by atoms with Crippen LogP contribution in [-0.4, -0.2) is 30.3 Å². The van der Waals surface area contributed by atoms with Crippen molar-refractivity contribution in [2.24, 2.45) is 0 Å². The third kappa shape index (κ3) is 5.78. The fourth-order valence-electron chi connectivity index (χ4n) is 2.99. The van der Waals surface area contributed by atoms with Gasteiger partial charge in [0.1, 0.15) is 12.4 Å². The summed E-state index contributed by atoms with van der Waals surface area (Å²) in [4.78, 5) is 12.4. The van der Waals surface area contributed by atoms with Gasteiger partial charge in [0.2, 0.25) is 0 Å². The van der Waals surface area contributed by atoms with Crippen molar-refractivity contribution < 1.29 is 14.3 Å². The first-order chi connectivity index (χ1) is 13.5. The number of thiocarbonyl (C=S) groups is 1. The van der Waals surface area contributed by atoms with Crippen molar-refractivity contribution >= 4 is 28.9 Å². The van der Waals surface area contributed by atoms with Crippen molar-refractivity contribution in [3.05, 3.63) is 59.7 Å². The Morgan fingerprint density at radius 3 is 2.71 bits per heavy atom. The number of nitrogens with one attached hydrogen (secondary N) is 2. The topological polar surface area (TPSA) is 59.6 Å². The Morgan fingerprint density at radius 1 is 1.25 bits per heavy atom. The summed E-state index contributed by atoms with van der Waals surface area (Å²) in [6, 6.07) is 15.0. The van der Waals surface area contributed by atoms with Crippen molar-refractivity contribution in [1.29, 1.82) is 0 Å². The van der Waals surface area contributed by atoms with Crippen LogP contribution in [0.15, 0.2) is 48.5 Å². The molecule has 0 aliphatic carbocycles. The van der Waals surface area contributed by atoms with Crippen LogP contribution in [0.2, 0.25) is 0 Å². The molecule has 1 aliphatic heterocycles. The highest BCUT2D eigenvalue weighted by atomic mass is 32.1. The van der Waals surface area contributed by atoms with Crippen LogP contribution < -0.4 is 15.4 Å². The largest absolute Gasteiger partial charge is 0.491 e. The van der Waals surface area contributed by atoms with Crippen LogP contribution in [0.4, 0.5) is 5.69 Å². The molecule has 1 fully saturated rings. The molecule has 0 bridgehead atoms. The van der Waals surface area contributed by atoms with E-state index in [0.717, 1.165) is 30.9 Å². The number of carbonyl (C=O) groups excluding carboxylic acids is 1. The maximum absolute atomic E-state index is 12.4. The number of amides is 1. The Bertz CT molecular complexity index is 815. The molecule has 1 saturated heterocycles. The molecule has 1 unspecified atom stereocenters. The fraction of sp³-hybridized carbons (Fsp3) is 0.364. The minimum absolute atomic E-state index is 0.166. The molecule has 1 aliphatic rings. The van der Waals surface area contributed by atoms with Gasteiger partial charge in [0.25, 0.3) is 5.91 Å². The second kappa shape index (κ2) is 9.66. The van der Waals surface area contributed by atoms with Gasteiger partial charge in [-0.2, -0.15) is 0 Å². The number of benzene rings is 2. The summed E-state index contributed by atoms with van der Waals surface area (Å²) in [5.41, 5.74) is 2.52. The molecule has 0 radical (unpaired) electrons. The zero-order valence-electron chi connectivity index (χ0n) is 16.2. The highest BCUT2D eigenvalue weighted by molar-refractivity contribution is 7.80. The summed E-state index contributed by atoms with van der Waals surface area (Å²) in [7, 11) is 0. The van der Waals surface area contributed by atoms with E-state index in [1.165, 1.54) is 5.56 Å². The lowest BCUT2D eigenvalue weighted by Gasteiger charge is -2.14. The second-order valence-corrected chi connectivity index (χ2v) is 7.57. The van der Waals surface area contributed by atoms with Gasteiger partial charge >= 0.3 is 0 Å². The van der Waals surface area contributed by atoms with E-state index >= 15 is 0 Å². The van der Waals surface area contributed by atoms with Gasteiger partial charge in [-0.25, -0.2) is 0 Å². The molecule has 0 saturated carbocycles. The Hall–Kier alpha value is -2.44. The maximum atomic E-state index is 12.4. The predicted molar refractivity (Wildman–Crippen MR) is 115 cm³/mol. The van der Waals surface area contributed by atoms with Gasteiger partial charge in [0.05, 0.1) is 6.10 Å². The van der Waals surface area contributed by atoms with Crippen molar-refractivity contribution in [2.45, 2.75) is 38.7 Å². The monoisotopic (exact) mass is 398 g/mol. The molecule has 2 aromatic carbocycles. The smallest absolute Gasteiger partial charge is 0.257 e. The van der Waals surface area contributed by atoms with Crippen molar-refractivity contribution in [3.63, 3.8) is 0 Å². The van der Waals surface area contributed by atoms with E-state index in [1.807, 2.05) is 48.5 Å². The Balaban J connectivity index is 1.52. The molecule has 2 N–H and O–H groups in total. The van der Waals surface area contributed by atoms with Crippen LogP contribution in [-0.2, 0) is 4.74 Å². The quantitative estimate of drug-likeness (QED) is 0.702. The molecule has 5 nitrogen and oxygen atoms in total. The van der Waals surface area contributed by atoms with Crippen LogP contribution in [0, 0.1) is 0 Å². The molecule has 3 rings (SSSR count). The maximum Gasteiger partial charge on any atom is 0.257 e. The highest BCUT2D eigenvalue weighted by Gasteiger charge is 2.16. The average molecular weight is 399 g/mol. The van der Waals surface area contributed by atoms with Gasteiger partial charge in [0, 0.05) is 23.9 Å². The summed E-state index contributed by atoms with van der Waals surface area (Å²) in [6.07, 6.45) is 2.29. The van der Waals surface area contributed by atoms with Crippen LogP contribution in [0.3, 0.4) is 0 Å². The summed E-state index contributed by atoms with van der Waals surface area (Å²) < 4.78 is 11.4. The third-order valence-electron chi connectivity index (χ3n) is 4.62. The zero-order valence-corrected chi connectivity index (χ0v) is 17.1. The van der Waals surface area contributed by atoms with E-state index < -0.39 is 0 Å². The van der Waals surface area contributed by atoms with Crippen LogP contribution in [0.25, 0.3) is 0 Å². The summed E-state index contributed by atoms with van der Waals surface area (Å²) in [6.45, 7) is 5.58. The molecule has 148 valence electrons. The predicted octanol–water partition coefficient (Wildman–Crippen LogP) is 4.49. The summed E-state index contributed by atoms with van der Waals surface area (Å²) in [5.74, 6) is 0.923. The average Bonchev–Trinajstić information content (AvgIpc) is 3.20. The molecule has 6 heteroatoms. The van der Waals surface area contributed by atoms with Gasteiger partial charge < -0.3 is 14.8 Å². The zero-order chi connectivity index (χ0) is 19.9. The van der Waals surface area contributed by atoms with Gasteiger partial charge in [0.15, 0.2) is 5.11 Å². The van der Waals surface area contributed by atoms with E-state index in [0.29, 0.717) is 18.1 Å². The number of ether oxygens (including phenoxy) is 2. The standard InChI is InChI=1S/C22H26N2O3S/c1-15(2)16-8-10-17(11-9-16)21(25)24-22(28)23-18-5-3-6-19(13-18)27-14-20-7-4-12-26-20/h3,5-6,8-11,13,15,20H,4,7,12,14H2,1-2H3,(H2,23,24,25,28). The first-order valence-corrected chi connectivity index (χ1v) is 9.99. The molecule has 1 atom stereocenters. The minimum Gasteiger partial charge on any atom is -0.491 e. The van der Waals surface area contributed by atoms with Gasteiger partial charge in [-0.3, -0.25) is 10.1 Å². The van der Waals surface area contributed by atoms with Crippen molar-refractivity contribution in [3.8, 4) is 5.75 Å². The molecule has 0 spiro atoms. The second-order valence-electron chi connectivity index (χ2n) is 7.16. The lowest BCUT2D eigenvalue weighted by molar-refractivity contribution is 0.0680. The van der Waals surface area contributed by atoms with Crippen molar-refractivity contribution in [2.75, 3.05) is 18.5 Å². The Kier molecular flexibility index (Phi) is 7.01. The SMILES string of the molecule is CC(C)c1ccc(C(=O)NC(=S)Nc2cccc(OCC3CCCO3)c2)cc1. The Labute approximate surface area is 171 Å². The van der Waals surface area contributed by atoms with E-state index in [1.54, 1.807) is 0 Å². The molecule has 0 aromatic heterocycles. The summed E-state index contributed by atoms with van der Waals surface area (Å²) in [5, 5.41) is 5.98. The number of carbonyl (C=O) groups is 1. The molecular weight excluding hydrogens is 372 g/mol. The van der Waals surface area contributed by atoms with Gasteiger partial charge in [-0.1, -0.05) is 32.0 Å². The van der Waals surface area contributed by atoms with Crippen LogP contribution in [0.1, 0.15) is 48.5 Å². The third-order valence-corrected chi connectivity index (χ3v) is 4.82. The number of hydrogen-bond donors (Lipinski definition) is 2. The van der Waals surface area contributed by atoms with E-state index in [2.05, 4.69) is 24.5 Å². The summed E-state index contributed by atoms with van der Waals surface area (Å²) >= 11 is 5.27. The lowest BCUT2D eigenvalue weighted by atomic mass is 10.0. The molecular formula is C22H26N2O3S. The highest BCUT2D eigenvalue weighted by Crippen LogP contribution is 2.20. The number of anilines is 1. The number of hydrogen-bond acceptors (Lipinski definition) is 4. The first-order valence-electron chi connectivity index (χ1n) is 9.58. The molecule has 1 heterocycles. The molecule has 2 aromatic rings. The van der Waals surface area contributed by atoms with Crippen LogP contribution >= 0.6 is 12.2 Å². The fourth-order valence-corrected chi connectivity index (χ4v) is 3.20. The molecule has 1 amide bonds. The van der Waals surface area contributed by atoms with Crippen LogP contribution in [0.5, 0.6) is 5.75 Å². The first kappa shape index (κ1) is 20.3. The minimum atomic E-state index is -0.237. The van der Waals surface area contributed by atoms with Gasteiger partial charge in [-0.15, -0.1) is 0 Å². The Morgan fingerprint density at radius 2 is 2.04 bits per heavy atom. The normalized spacial score (nSPS) is 16.0. The van der Waals surface area contributed by atoms with E-state index in [-0.39, 0.29) is 17.1 Å². The lowest BCUT2D eigenvalue weighted by Crippen LogP contribution is -2.34. The number of rotatable bonds is 6.